The van der Waals surface area contributed by atoms with Gasteiger partial charge in [-0.3, -0.25) is 4.72 Å². The lowest BCUT2D eigenvalue weighted by Gasteiger charge is -2.11. The van der Waals surface area contributed by atoms with Gasteiger partial charge in [0.1, 0.15) is 0 Å². The highest BCUT2D eigenvalue weighted by Crippen LogP contribution is 2.20. The van der Waals surface area contributed by atoms with E-state index in [1.165, 1.54) is 5.56 Å². The highest BCUT2D eigenvalue weighted by molar-refractivity contribution is 7.92. The molecule has 28 heavy (non-hydrogen) atoms. The average molecular weight is 410 g/mol. The van der Waals surface area contributed by atoms with Crippen LogP contribution >= 0.6 is 12.2 Å². The van der Waals surface area contributed by atoms with Crippen LogP contribution in [-0.2, 0) is 22.9 Å². The Labute approximate surface area is 172 Å². The van der Waals surface area contributed by atoms with Gasteiger partial charge in [-0.05, 0) is 60.4 Å². The number of benzene rings is 3. The van der Waals surface area contributed by atoms with Crippen LogP contribution in [0, 0.1) is 13.8 Å². The monoisotopic (exact) mass is 409 g/mol. The minimum Gasteiger partial charge on any atom is -0.280 e. The number of anilines is 1. The first-order valence-corrected chi connectivity index (χ1v) is 11.0. The van der Waals surface area contributed by atoms with Crippen LogP contribution in [0.1, 0.15) is 22.3 Å². The van der Waals surface area contributed by atoms with E-state index in [2.05, 4.69) is 16.9 Å². The second-order valence-corrected chi connectivity index (χ2v) is 9.26. The minimum absolute atomic E-state index is 0.240. The Kier molecular flexibility index (Phi) is 6.27. The summed E-state index contributed by atoms with van der Waals surface area (Å²) in [4.78, 5) is 1.17. The molecule has 0 aliphatic heterocycles. The molecule has 3 aromatic carbocycles. The Balaban J connectivity index is 1.68. The molecule has 0 spiro atoms. The summed E-state index contributed by atoms with van der Waals surface area (Å²) < 4.78 is 28.0. The first-order valence-electron chi connectivity index (χ1n) is 9.07. The van der Waals surface area contributed by atoms with Crippen molar-refractivity contribution in [2.24, 2.45) is 0 Å². The van der Waals surface area contributed by atoms with Gasteiger partial charge in [-0.25, -0.2) is 8.42 Å². The molecule has 0 aliphatic carbocycles. The van der Waals surface area contributed by atoms with Gasteiger partial charge in [-0.15, -0.1) is 0 Å². The summed E-state index contributed by atoms with van der Waals surface area (Å²) in [6.45, 7) is 3.88. The molecule has 5 heteroatoms. The van der Waals surface area contributed by atoms with E-state index in [0.29, 0.717) is 12.1 Å². The Hall–Kier alpha value is -2.50. The lowest BCUT2D eigenvalue weighted by Crippen LogP contribution is -2.13. The summed E-state index contributed by atoms with van der Waals surface area (Å²) in [6.07, 6.45) is 1.39. The zero-order valence-corrected chi connectivity index (χ0v) is 17.6. The second-order valence-electron chi connectivity index (χ2n) is 7.00. The number of rotatable bonds is 7. The van der Waals surface area contributed by atoms with E-state index in [0.717, 1.165) is 28.0 Å². The maximum atomic E-state index is 12.7. The molecule has 1 N–H and O–H groups in total. The third-order valence-electron chi connectivity index (χ3n) is 4.35. The number of aryl methyl sites for hydroxylation is 2. The molecule has 3 nitrogen and oxygen atoms in total. The fraction of sp³-hybridized carbons (Fsp3) is 0.174. The van der Waals surface area contributed by atoms with E-state index >= 15 is 0 Å². The molecule has 0 bridgehead atoms. The number of hydrogen-bond donors (Lipinski definition) is 1. The van der Waals surface area contributed by atoms with Gasteiger partial charge in [0.25, 0.3) is 10.0 Å². The zero-order chi connectivity index (χ0) is 20.1. The molecular formula is C23H23NO2S2. The van der Waals surface area contributed by atoms with E-state index in [-0.39, 0.29) is 4.90 Å². The molecule has 0 amide bonds. The van der Waals surface area contributed by atoms with Crippen molar-refractivity contribution in [3.8, 4) is 0 Å². The summed E-state index contributed by atoms with van der Waals surface area (Å²) in [5.41, 5.74) is 4.79. The minimum atomic E-state index is -3.62. The van der Waals surface area contributed by atoms with Crippen molar-refractivity contribution < 1.29 is 8.42 Å². The summed E-state index contributed by atoms with van der Waals surface area (Å²) in [5, 5.41) is 0. The van der Waals surface area contributed by atoms with E-state index < -0.39 is 10.0 Å². The lowest BCUT2D eigenvalue weighted by molar-refractivity contribution is 0.601. The molecule has 0 saturated carbocycles. The Morgan fingerprint density at radius 2 is 1.36 bits per heavy atom. The van der Waals surface area contributed by atoms with Crippen LogP contribution in [-0.4, -0.2) is 13.3 Å². The zero-order valence-electron chi connectivity index (χ0n) is 16.0. The van der Waals surface area contributed by atoms with Crippen LogP contribution < -0.4 is 4.72 Å². The number of hydrogen-bond acceptors (Lipinski definition) is 3. The molecular weight excluding hydrogens is 386 g/mol. The van der Waals surface area contributed by atoms with Gasteiger partial charge in [0.2, 0.25) is 0 Å². The van der Waals surface area contributed by atoms with Crippen molar-refractivity contribution in [1.82, 2.24) is 0 Å². The molecule has 0 heterocycles. The molecule has 144 valence electrons. The summed E-state index contributed by atoms with van der Waals surface area (Å²) in [5.74, 6) is 0. The van der Waals surface area contributed by atoms with Crippen LogP contribution in [0.15, 0.2) is 77.7 Å². The smallest absolute Gasteiger partial charge is 0.261 e. The van der Waals surface area contributed by atoms with Crippen molar-refractivity contribution in [3.63, 3.8) is 0 Å². The SMILES string of the molecule is Cc1cc(C)cc(NS(=O)(=O)c2ccc(CC(=S)Cc3ccccc3)cc2)c1. The van der Waals surface area contributed by atoms with Gasteiger partial charge in [-0.2, -0.15) is 0 Å². The average Bonchev–Trinajstić information content (AvgIpc) is 2.61. The predicted molar refractivity (Wildman–Crippen MR) is 120 cm³/mol. The molecule has 3 aromatic rings. The third-order valence-corrected chi connectivity index (χ3v) is 6.04. The first kappa shape index (κ1) is 20.2. The highest BCUT2D eigenvalue weighted by atomic mass is 32.2. The summed E-state index contributed by atoms with van der Waals surface area (Å²) in [7, 11) is -3.62. The topological polar surface area (TPSA) is 46.2 Å². The fourth-order valence-electron chi connectivity index (χ4n) is 3.15. The second kappa shape index (κ2) is 8.67. The van der Waals surface area contributed by atoms with Crippen molar-refractivity contribution in [2.45, 2.75) is 31.6 Å². The van der Waals surface area contributed by atoms with Crippen molar-refractivity contribution in [1.29, 1.82) is 0 Å². The van der Waals surface area contributed by atoms with Crippen molar-refractivity contribution in [3.05, 3.63) is 95.1 Å². The van der Waals surface area contributed by atoms with Gasteiger partial charge < -0.3 is 0 Å². The van der Waals surface area contributed by atoms with Crippen LogP contribution in [0.4, 0.5) is 5.69 Å². The molecule has 3 rings (SSSR count). The van der Waals surface area contributed by atoms with E-state index in [1.807, 2.05) is 62.4 Å². The number of sulfonamides is 1. The third kappa shape index (κ3) is 5.50. The Bertz CT molecular complexity index is 1050. The fourth-order valence-corrected chi connectivity index (χ4v) is 4.52. The quantitative estimate of drug-likeness (QED) is 0.542. The predicted octanol–water partition coefficient (Wildman–Crippen LogP) is 5.26. The first-order chi connectivity index (χ1) is 13.3. The maximum Gasteiger partial charge on any atom is 0.261 e. The molecule has 0 radical (unpaired) electrons. The summed E-state index contributed by atoms with van der Waals surface area (Å²) in [6, 6.07) is 22.7. The van der Waals surface area contributed by atoms with E-state index in [9.17, 15) is 8.42 Å². The van der Waals surface area contributed by atoms with Crippen LogP contribution in [0.3, 0.4) is 0 Å². The van der Waals surface area contributed by atoms with Gasteiger partial charge >= 0.3 is 0 Å². The van der Waals surface area contributed by atoms with Crippen LogP contribution in [0.25, 0.3) is 0 Å². The molecule has 0 saturated heterocycles. The molecule has 0 fully saturated rings. The van der Waals surface area contributed by atoms with E-state index in [1.54, 1.807) is 12.1 Å². The standard InChI is InChI=1S/C23H23NO2S2/c1-17-12-18(2)14-21(13-17)24-28(25,26)23-10-8-20(9-11-23)16-22(27)15-19-6-4-3-5-7-19/h3-14,24H,15-16H2,1-2H3. The van der Waals surface area contributed by atoms with Crippen LogP contribution in [0.2, 0.25) is 0 Å². The molecule has 0 unspecified atom stereocenters. The number of nitrogens with one attached hydrogen (secondary N) is 1. The lowest BCUT2D eigenvalue weighted by atomic mass is 10.0. The van der Waals surface area contributed by atoms with Crippen molar-refractivity contribution in [2.75, 3.05) is 4.72 Å². The molecule has 0 aromatic heterocycles. The summed E-state index contributed by atoms with van der Waals surface area (Å²) >= 11 is 5.50. The van der Waals surface area contributed by atoms with Gasteiger partial charge in [0.05, 0.1) is 4.90 Å². The van der Waals surface area contributed by atoms with Gasteiger partial charge in [0, 0.05) is 23.4 Å². The van der Waals surface area contributed by atoms with E-state index in [4.69, 9.17) is 12.2 Å². The maximum absolute atomic E-state index is 12.7. The number of thiocarbonyl (C=S) groups is 1. The van der Waals surface area contributed by atoms with Gasteiger partial charge in [-0.1, -0.05) is 60.7 Å². The van der Waals surface area contributed by atoms with Gasteiger partial charge in [0.15, 0.2) is 0 Å². The Morgan fingerprint density at radius 3 is 1.93 bits per heavy atom. The van der Waals surface area contributed by atoms with Crippen molar-refractivity contribution >= 4 is 32.8 Å². The Morgan fingerprint density at radius 1 is 0.821 bits per heavy atom. The molecule has 0 atom stereocenters. The largest absolute Gasteiger partial charge is 0.280 e. The molecule has 0 aliphatic rings. The highest BCUT2D eigenvalue weighted by Gasteiger charge is 2.14. The van der Waals surface area contributed by atoms with Crippen LogP contribution in [0.5, 0.6) is 0 Å². The normalized spacial score (nSPS) is 11.2.